The van der Waals surface area contributed by atoms with Gasteiger partial charge in [-0.1, -0.05) is 6.07 Å². The largest absolute Gasteiger partial charge is 0.351 e. The fourth-order valence-electron chi connectivity index (χ4n) is 1.37. The molecular formula is C12H14N2O3S. The van der Waals surface area contributed by atoms with Gasteiger partial charge < -0.3 is 5.32 Å². The molecular weight excluding hydrogens is 252 g/mol. The predicted molar refractivity (Wildman–Crippen MR) is 68.3 cm³/mol. The molecule has 0 unspecified atom stereocenters. The molecule has 5 nitrogen and oxygen atoms in total. The molecule has 3 N–H and O–H groups in total. The highest BCUT2D eigenvalue weighted by Crippen LogP contribution is 2.14. The second-order valence-electron chi connectivity index (χ2n) is 3.73. The third kappa shape index (κ3) is 3.58. The summed E-state index contributed by atoms with van der Waals surface area (Å²) >= 11 is 0. The van der Waals surface area contributed by atoms with Crippen LogP contribution in [0.3, 0.4) is 0 Å². The Kier molecular flexibility index (Phi) is 4.48. The molecule has 1 aromatic carbocycles. The van der Waals surface area contributed by atoms with Gasteiger partial charge in [-0.05, 0) is 24.6 Å². The quantitative estimate of drug-likeness (QED) is 0.610. The van der Waals surface area contributed by atoms with Gasteiger partial charge in [-0.25, -0.2) is 13.6 Å². The van der Waals surface area contributed by atoms with Gasteiger partial charge in [0.1, 0.15) is 0 Å². The molecule has 0 spiro atoms. The zero-order valence-electron chi connectivity index (χ0n) is 9.93. The number of benzene rings is 1. The fraction of sp³-hybridized carbons (Fsp3) is 0.250. The molecule has 0 saturated heterocycles. The van der Waals surface area contributed by atoms with Crippen molar-refractivity contribution in [1.29, 1.82) is 0 Å². The highest BCUT2D eigenvalue weighted by molar-refractivity contribution is 7.89. The molecule has 96 valence electrons. The Morgan fingerprint density at radius 1 is 1.50 bits per heavy atom. The molecule has 1 aromatic rings. The van der Waals surface area contributed by atoms with Crippen molar-refractivity contribution in [1.82, 2.24) is 5.32 Å². The molecule has 0 heterocycles. The van der Waals surface area contributed by atoms with Crippen molar-refractivity contribution in [2.24, 2.45) is 5.14 Å². The van der Waals surface area contributed by atoms with Crippen LogP contribution in [0.25, 0.3) is 0 Å². The summed E-state index contributed by atoms with van der Waals surface area (Å²) in [6, 6.07) is 4.16. The lowest BCUT2D eigenvalue weighted by Gasteiger charge is -2.08. The van der Waals surface area contributed by atoms with Crippen LogP contribution in [0.1, 0.15) is 22.3 Å². The molecule has 0 radical (unpaired) electrons. The highest BCUT2D eigenvalue weighted by atomic mass is 32.2. The van der Waals surface area contributed by atoms with E-state index in [1.807, 2.05) is 0 Å². The van der Waals surface area contributed by atoms with E-state index < -0.39 is 10.0 Å². The summed E-state index contributed by atoms with van der Waals surface area (Å²) in [5.74, 6) is 2.03. The summed E-state index contributed by atoms with van der Waals surface area (Å²) in [7, 11) is -3.81. The van der Waals surface area contributed by atoms with Crippen LogP contribution in [-0.4, -0.2) is 20.9 Å². The van der Waals surface area contributed by atoms with Gasteiger partial charge in [0.2, 0.25) is 10.0 Å². The van der Waals surface area contributed by atoms with E-state index in [4.69, 9.17) is 11.6 Å². The normalized spacial score (nSPS) is 10.7. The van der Waals surface area contributed by atoms with Gasteiger partial charge in [0.15, 0.2) is 0 Å². The third-order valence-corrected chi connectivity index (χ3v) is 3.25. The van der Waals surface area contributed by atoms with Crippen LogP contribution in [-0.2, 0) is 10.0 Å². The Bertz CT molecular complexity index is 600. The van der Waals surface area contributed by atoms with Crippen molar-refractivity contribution < 1.29 is 13.2 Å². The predicted octanol–water partition coefficient (Wildman–Crippen LogP) is 0.396. The van der Waals surface area contributed by atoms with Gasteiger partial charge in [-0.3, -0.25) is 4.79 Å². The third-order valence-electron chi connectivity index (χ3n) is 2.34. The van der Waals surface area contributed by atoms with Gasteiger partial charge in [-0.2, -0.15) is 0 Å². The summed E-state index contributed by atoms with van der Waals surface area (Å²) in [5, 5.41) is 7.61. The number of rotatable bonds is 4. The smallest absolute Gasteiger partial charge is 0.251 e. The zero-order chi connectivity index (χ0) is 13.8. The molecule has 0 aliphatic heterocycles. The van der Waals surface area contributed by atoms with E-state index in [2.05, 4.69) is 11.2 Å². The van der Waals surface area contributed by atoms with Crippen LogP contribution in [0.5, 0.6) is 0 Å². The van der Waals surface area contributed by atoms with Crippen LogP contribution in [0, 0.1) is 19.3 Å². The second-order valence-corrected chi connectivity index (χ2v) is 5.29. The minimum absolute atomic E-state index is 0.0878. The van der Waals surface area contributed by atoms with Crippen molar-refractivity contribution in [3.63, 3.8) is 0 Å². The average molecular weight is 266 g/mol. The van der Waals surface area contributed by atoms with E-state index in [-0.39, 0.29) is 16.4 Å². The molecule has 18 heavy (non-hydrogen) atoms. The number of terminal acetylenes is 1. The van der Waals surface area contributed by atoms with Crippen molar-refractivity contribution in [3.8, 4) is 12.3 Å². The average Bonchev–Trinajstić information content (AvgIpc) is 2.28. The molecule has 1 rings (SSSR count). The van der Waals surface area contributed by atoms with Crippen LogP contribution >= 0.6 is 0 Å². The maximum atomic E-state index is 11.8. The molecule has 0 atom stereocenters. The number of hydrogen-bond acceptors (Lipinski definition) is 3. The van der Waals surface area contributed by atoms with E-state index in [0.29, 0.717) is 18.5 Å². The molecule has 0 aliphatic carbocycles. The lowest BCUT2D eigenvalue weighted by atomic mass is 10.1. The molecule has 0 bridgehead atoms. The Balaban J connectivity index is 3.02. The number of nitrogens with two attached hydrogens (primary N) is 1. The number of sulfonamides is 1. The summed E-state index contributed by atoms with van der Waals surface area (Å²) in [6.07, 6.45) is 5.48. The van der Waals surface area contributed by atoms with Crippen LogP contribution < -0.4 is 10.5 Å². The number of carbonyl (C=O) groups excluding carboxylic acids is 1. The highest BCUT2D eigenvalue weighted by Gasteiger charge is 2.14. The number of hydrogen-bond donors (Lipinski definition) is 2. The van der Waals surface area contributed by atoms with Crippen LogP contribution in [0.2, 0.25) is 0 Å². The lowest BCUT2D eigenvalue weighted by molar-refractivity contribution is 0.0953. The van der Waals surface area contributed by atoms with E-state index in [0.717, 1.165) is 0 Å². The van der Waals surface area contributed by atoms with Gasteiger partial charge in [0, 0.05) is 18.5 Å². The summed E-state index contributed by atoms with van der Waals surface area (Å²) in [4.78, 5) is 11.7. The number of amides is 1. The SMILES string of the molecule is C#CCCNC(=O)c1cc(S(N)(=O)=O)ccc1C. The van der Waals surface area contributed by atoms with E-state index in [1.54, 1.807) is 6.92 Å². The fourth-order valence-corrected chi connectivity index (χ4v) is 1.91. The number of nitrogens with one attached hydrogen (secondary N) is 1. The molecule has 1 amide bonds. The first kappa shape index (κ1) is 14.2. The van der Waals surface area contributed by atoms with E-state index in [1.165, 1.54) is 18.2 Å². The van der Waals surface area contributed by atoms with Crippen molar-refractivity contribution in [2.45, 2.75) is 18.2 Å². The van der Waals surface area contributed by atoms with Crippen molar-refractivity contribution >= 4 is 15.9 Å². The van der Waals surface area contributed by atoms with Gasteiger partial charge in [-0.15, -0.1) is 12.3 Å². The monoisotopic (exact) mass is 266 g/mol. The van der Waals surface area contributed by atoms with E-state index >= 15 is 0 Å². The molecule has 0 aliphatic rings. The Morgan fingerprint density at radius 3 is 2.72 bits per heavy atom. The summed E-state index contributed by atoms with van der Waals surface area (Å²) in [5.41, 5.74) is 0.944. The minimum atomic E-state index is -3.81. The minimum Gasteiger partial charge on any atom is -0.351 e. The maximum absolute atomic E-state index is 11.8. The molecule has 0 saturated carbocycles. The Hall–Kier alpha value is -1.84. The Labute approximate surface area is 106 Å². The first-order valence-electron chi connectivity index (χ1n) is 5.21. The number of aryl methyl sites for hydroxylation is 1. The summed E-state index contributed by atoms with van der Waals surface area (Å²) < 4.78 is 22.4. The lowest BCUT2D eigenvalue weighted by Crippen LogP contribution is -2.25. The molecule has 6 heteroatoms. The second kappa shape index (κ2) is 5.67. The Morgan fingerprint density at radius 2 is 2.17 bits per heavy atom. The first-order valence-corrected chi connectivity index (χ1v) is 6.76. The zero-order valence-corrected chi connectivity index (χ0v) is 10.8. The number of carbonyl (C=O) groups is 1. The van der Waals surface area contributed by atoms with Gasteiger partial charge >= 0.3 is 0 Å². The van der Waals surface area contributed by atoms with Gasteiger partial charge in [0.25, 0.3) is 5.91 Å². The van der Waals surface area contributed by atoms with Crippen LogP contribution in [0.4, 0.5) is 0 Å². The number of primary sulfonamides is 1. The van der Waals surface area contributed by atoms with Crippen molar-refractivity contribution in [2.75, 3.05) is 6.54 Å². The van der Waals surface area contributed by atoms with Gasteiger partial charge in [0.05, 0.1) is 4.90 Å². The van der Waals surface area contributed by atoms with Crippen molar-refractivity contribution in [3.05, 3.63) is 29.3 Å². The molecule has 0 aromatic heterocycles. The maximum Gasteiger partial charge on any atom is 0.251 e. The van der Waals surface area contributed by atoms with E-state index in [9.17, 15) is 13.2 Å². The standard InChI is InChI=1S/C12H14N2O3S/c1-3-4-7-14-12(15)11-8-10(18(13,16)17)6-5-9(11)2/h1,5-6,8H,4,7H2,2H3,(H,14,15)(H2,13,16,17). The topological polar surface area (TPSA) is 89.3 Å². The first-order chi connectivity index (χ1) is 8.36. The van der Waals surface area contributed by atoms with Crippen LogP contribution in [0.15, 0.2) is 23.1 Å². The summed E-state index contributed by atoms with van der Waals surface area (Å²) in [6.45, 7) is 2.05. The molecule has 0 fully saturated rings.